The molecule has 0 saturated heterocycles. The van der Waals surface area contributed by atoms with E-state index in [1.807, 2.05) is 43.3 Å². The number of carbonyl (C=O) groups excluding carboxylic acids is 1. The Labute approximate surface area is 120 Å². The van der Waals surface area contributed by atoms with Crippen LogP contribution in [0.25, 0.3) is 0 Å². The first-order valence-corrected chi connectivity index (χ1v) is 6.81. The van der Waals surface area contributed by atoms with Crippen molar-refractivity contribution in [3.05, 3.63) is 65.2 Å². The molecule has 3 nitrogen and oxygen atoms in total. The number of nitrogens with one attached hydrogen (secondary N) is 2. The maximum atomic E-state index is 11.8. The molecule has 0 atom stereocenters. The fourth-order valence-electron chi connectivity index (χ4n) is 2.01. The minimum atomic E-state index is -0.164. The van der Waals surface area contributed by atoms with Gasteiger partial charge in [0, 0.05) is 12.2 Å². The summed E-state index contributed by atoms with van der Waals surface area (Å²) in [5.74, 6) is 0. The SMILES string of the molecule is Cc1ccc(NC(=O)NCCc2ccccc2C)cc1. The van der Waals surface area contributed by atoms with Crippen LogP contribution in [0.15, 0.2) is 48.5 Å². The van der Waals surface area contributed by atoms with Crippen LogP contribution in [-0.2, 0) is 6.42 Å². The van der Waals surface area contributed by atoms with Crippen molar-refractivity contribution in [2.45, 2.75) is 20.3 Å². The first-order valence-electron chi connectivity index (χ1n) is 6.81. The van der Waals surface area contributed by atoms with Crippen molar-refractivity contribution in [2.75, 3.05) is 11.9 Å². The lowest BCUT2D eigenvalue weighted by atomic mass is 10.1. The molecular weight excluding hydrogens is 248 g/mol. The van der Waals surface area contributed by atoms with Gasteiger partial charge in [-0.25, -0.2) is 4.79 Å². The van der Waals surface area contributed by atoms with E-state index in [-0.39, 0.29) is 6.03 Å². The maximum absolute atomic E-state index is 11.8. The van der Waals surface area contributed by atoms with E-state index >= 15 is 0 Å². The van der Waals surface area contributed by atoms with Gasteiger partial charge < -0.3 is 10.6 Å². The van der Waals surface area contributed by atoms with Crippen molar-refractivity contribution in [1.82, 2.24) is 5.32 Å². The smallest absolute Gasteiger partial charge is 0.319 e. The van der Waals surface area contributed by atoms with Crippen LogP contribution in [0, 0.1) is 13.8 Å². The van der Waals surface area contributed by atoms with Crippen molar-refractivity contribution in [1.29, 1.82) is 0 Å². The van der Waals surface area contributed by atoms with Crippen LogP contribution in [-0.4, -0.2) is 12.6 Å². The number of amides is 2. The Morgan fingerprint density at radius 2 is 1.70 bits per heavy atom. The lowest BCUT2D eigenvalue weighted by Crippen LogP contribution is -2.30. The molecule has 0 radical (unpaired) electrons. The number of urea groups is 1. The van der Waals surface area contributed by atoms with Crippen molar-refractivity contribution in [3.63, 3.8) is 0 Å². The van der Waals surface area contributed by atoms with E-state index < -0.39 is 0 Å². The highest BCUT2D eigenvalue weighted by molar-refractivity contribution is 5.89. The Balaban J connectivity index is 1.78. The van der Waals surface area contributed by atoms with Gasteiger partial charge >= 0.3 is 6.03 Å². The maximum Gasteiger partial charge on any atom is 0.319 e. The van der Waals surface area contributed by atoms with E-state index in [9.17, 15) is 4.79 Å². The van der Waals surface area contributed by atoms with Crippen LogP contribution < -0.4 is 10.6 Å². The third kappa shape index (κ3) is 4.12. The lowest BCUT2D eigenvalue weighted by Gasteiger charge is -2.09. The monoisotopic (exact) mass is 268 g/mol. The molecule has 2 aromatic rings. The second kappa shape index (κ2) is 6.75. The van der Waals surface area contributed by atoms with E-state index in [1.165, 1.54) is 16.7 Å². The lowest BCUT2D eigenvalue weighted by molar-refractivity contribution is 0.252. The summed E-state index contributed by atoms with van der Waals surface area (Å²) in [4.78, 5) is 11.8. The highest BCUT2D eigenvalue weighted by atomic mass is 16.2. The van der Waals surface area contributed by atoms with Gasteiger partial charge in [-0.1, -0.05) is 42.0 Å². The van der Waals surface area contributed by atoms with E-state index in [1.54, 1.807) is 0 Å². The average molecular weight is 268 g/mol. The second-order valence-electron chi connectivity index (χ2n) is 4.92. The summed E-state index contributed by atoms with van der Waals surface area (Å²) in [6.07, 6.45) is 0.841. The summed E-state index contributed by atoms with van der Waals surface area (Å²) in [5.41, 5.74) is 4.51. The third-order valence-electron chi connectivity index (χ3n) is 3.25. The second-order valence-corrected chi connectivity index (χ2v) is 4.92. The van der Waals surface area contributed by atoms with Gasteiger partial charge in [-0.05, 0) is 43.5 Å². The highest BCUT2D eigenvalue weighted by Gasteiger charge is 2.02. The average Bonchev–Trinajstić information content (AvgIpc) is 2.43. The molecule has 0 aliphatic carbocycles. The fourth-order valence-corrected chi connectivity index (χ4v) is 2.01. The van der Waals surface area contributed by atoms with Gasteiger partial charge in [0.05, 0.1) is 0 Å². The largest absolute Gasteiger partial charge is 0.338 e. The van der Waals surface area contributed by atoms with Crippen LogP contribution in [0.3, 0.4) is 0 Å². The summed E-state index contributed by atoms with van der Waals surface area (Å²) in [6, 6.07) is 15.8. The zero-order valence-corrected chi connectivity index (χ0v) is 11.9. The summed E-state index contributed by atoms with van der Waals surface area (Å²) in [5, 5.41) is 5.69. The summed E-state index contributed by atoms with van der Waals surface area (Å²) < 4.78 is 0. The first kappa shape index (κ1) is 14.1. The summed E-state index contributed by atoms with van der Waals surface area (Å²) in [7, 11) is 0. The standard InChI is InChI=1S/C17H20N2O/c1-13-7-9-16(10-8-13)19-17(20)18-12-11-15-6-4-3-5-14(15)2/h3-10H,11-12H2,1-2H3,(H2,18,19,20). The molecule has 0 aliphatic heterocycles. The van der Waals surface area contributed by atoms with Gasteiger partial charge in [-0.15, -0.1) is 0 Å². The molecule has 2 N–H and O–H groups in total. The Hall–Kier alpha value is -2.29. The minimum Gasteiger partial charge on any atom is -0.338 e. The molecule has 0 bridgehead atoms. The van der Waals surface area contributed by atoms with E-state index in [0.29, 0.717) is 6.54 Å². The van der Waals surface area contributed by atoms with E-state index in [2.05, 4.69) is 29.7 Å². The molecular formula is C17H20N2O. The number of carbonyl (C=O) groups is 1. The number of benzene rings is 2. The van der Waals surface area contributed by atoms with Crippen molar-refractivity contribution < 1.29 is 4.79 Å². The van der Waals surface area contributed by atoms with Crippen LogP contribution in [0.5, 0.6) is 0 Å². The first-order chi connectivity index (χ1) is 9.65. The molecule has 104 valence electrons. The zero-order chi connectivity index (χ0) is 14.4. The van der Waals surface area contributed by atoms with Crippen molar-refractivity contribution in [3.8, 4) is 0 Å². The fraction of sp³-hybridized carbons (Fsp3) is 0.235. The quantitative estimate of drug-likeness (QED) is 0.872. The van der Waals surface area contributed by atoms with Crippen molar-refractivity contribution in [2.24, 2.45) is 0 Å². The Bertz CT molecular complexity index is 576. The molecule has 2 rings (SSSR count). The molecule has 2 amide bonds. The van der Waals surface area contributed by atoms with E-state index in [4.69, 9.17) is 0 Å². The number of rotatable bonds is 4. The number of anilines is 1. The topological polar surface area (TPSA) is 41.1 Å². The normalized spacial score (nSPS) is 10.1. The molecule has 0 fully saturated rings. The Kier molecular flexibility index (Phi) is 4.77. The predicted octanol–water partition coefficient (Wildman–Crippen LogP) is 3.67. The van der Waals surface area contributed by atoms with Gasteiger partial charge in [0.15, 0.2) is 0 Å². The predicted molar refractivity (Wildman–Crippen MR) is 83.1 cm³/mol. The molecule has 0 unspecified atom stereocenters. The Morgan fingerprint density at radius 1 is 1.00 bits per heavy atom. The number of hydrogen-bond acceptors (Lipinski definition) is 1. The van der Waals surface area contributed by atoms with E-state index in [0.717, 1.165) is 12.1 Å². The van der Waals surface area contributed by atoms with Gasteiger partial charge in [-0.3, -0.25) is 0 Å². The third-order valence-corrected chi connectivity index (χ3v) is 3.25. The van der Waals surface area contributed by atoms with Gasteiger partial charge in [0.1, 0.15) is 0 Å². The molecule has 0 spiro atoms. The molecule has 0 aliphatic rings. The van der Waals surface area contributed by atoms with Gasteiger partial charge in [0.2, 0.25) is 0 Å². The Morgan fingerprint density at radius 3 is 2.40 bits per heavy atom. The summed E-state index contributed by atoms with van der Waals surface area (Å²) in [6.45, 7) is 4.73. The minimum absolute atomic E-state index is 0.164. The summed E-state index contributed by atoms with van der Waals surface area (Å²) >= 11 is 0. The molecule has 3 heteroatoms. The zero-order valence-electron chi connectivity index (χ0n) is 11.9. The van der Waals surface area contributed by atoms with Crippen molar-refractivity contribution >= 4 is 11.7 Å². The number of hydrogen-bond donors (Lipinski definition) is 2. The molecule has 0 aromatic heterocycles. The number of aryl methyl sites for hydroxylation is 2. The van der Waals surface area contributed by atoms with Crippen LogP contribution in [0.4, 0.5) is 10.5 Å². The van der Waals surface area contributed by atoms with Crippen LogP contribution >= 0.6 is 0 Å². The molecule has 2 aromatic carbocycles. The van der Waals surface area contributed by atoms with Gasteiger partial charge in [0.25, 0.3) is 0 Å². The molecule has 20 heavy (non-hydrogen) atoms. The van der Waals surface area contributed by atoms with Crippen LogP contribution in [0.1, 0.15) is 16.7 Å². The van der Waals surface area contributed by atoms with Gasteiger partial charge in [-0.2, -0.15) is 0 Å². The van der Waals surface area contributed by atoms with Crippen LogP contribution in [0.2, 0.25) is 0 Å². The molecule has 0 heterocycles. The highest BCUT2D eigenvalue weighted by Crippen LogP contribution is 2.09. The molecule has 0 saturated carbocycles.